The molecule has 0 saturated heterocycles. The van der Waals surface area contributed by atoms with E-state index < -0.39 is 11.7 Å². The Labute approximate surface area is 93.5 Å². The van der Waals surface area contributed by atoms with Crippen LogP contribution in [0.1, 0.15) is 10.4 Å². The molecule has 3 N–H and O–H groups in total. The fourth-order valence-electron chi connectivity index (χ4n) is 1.04. The number of halogens is 1. The van der Waals surface area contributed by atoms with Gasteiger partial charge in [-0.1, -0.05) is 4.49 Å². The summed E-state index contributed by atoms with van der Waals surface area (Å²) in [7, 11) is 0. The maximum Gasteiger partial charge on any atom is 0.259 e. The Morgan fingerprint density at radius 1 is 1.56 bits per heavy atom. The fourth-order valence-corrected chi connectivity index (χ4v) is 1.45. The summed E-state index contributed by atoms with van der Waals surface area (Å²) >= 11 is 0.994. The number of nitrogens with two attached hydrogens (primary N) is 1. The fraction of sp³-hybridized carbons (Fsp3) is 0. The molecule has 0 aliphatic carbocycles. The minimum atomic E-state index is -0.836. The van der Waals surface area contributed by atoms with Crippen LogP contribution in [0.15, 0.2) is 18.5 Å². The number of carbonyl (C=O) groups is 1. The van der Waals surface area contributed by atoms with E-state index >= 15 is 0 Å². The Kier molecular flexibility index (Phi) is 2.73. The number of anilines is 2. The Morgan fingerprint density at radius 2 is 2.38 bits per heavy atom. The molecule has 0 unspecified atom stereocenters. The lowest BCUT2D eigenvalue weighted by atomic mass is 10.2. The number of aromatic nitrogens is 3. The smallest absolute Gasteiger partial charge is 0.259 e. The average molecular weight is 239 g/mol. The van der Waals surface area contributed by atoms with Gasteiger partial charge < -0.3 is 11.1 Å². The van der Waals surface area contributed by atoms with E-state index in [9.17, 15) is 9.18 Å². The van der Waals surface area contributed by atoms with Gasteiger partial charge in [0.1, 0.15) is 5.00 Å². The van der Waals surface area contributed by atoms with Crippen LogP contribution in [0.25, 0.3) is 0 Å². The topological polar surface area (TPSA) is 93.8 Å². The third-order valence-corrected chi connectivity index (χ3v) is 2.34. The molecule has 16 heavy (non-hydrogen) atoms. The number of nitrogens with one attached hydrogen (secondary N) is 1. The van der Waals surface area contributed by atoms with E-state index in [4.69, 9.17) is 5.73 Å². The largest absolute Gasteiger partial charge is 0.381 e. The van der Waals surface area contributed by atoms with E-state index in [1.165, 1.54) is 18.5 Å². The van der Waals surface area contributed by atoms with Gasteiger partial charge in [-0.05, 0) is 6.07 Å². The molecule has 0 spiro atoms. The Bertz CT molecular complexity index is 515. The summed E-state index contributed by atoms with van der Waals surface area (Å²) in [6.07, 6.45) is 2.63. The zero-order valence-corrected chi connectivity index (χ0v) is 8.66. The molecule has 2 heterocycles. The van der Waals surface area contributed by atoms with Crippen LogP contribution in [0.5, 0.6) is 0 Å². The van der Waals surface area contributed by atoms with Crippen molar-refractivity contribution in [2.75, 3.05) is 11.1 Å². The molecule has 0 radical (unpaired) electrons. The zero-order valence-electron chi connectivity index (χ0n) is 7.85. The maximum atomic E-state index is 13.4. The molecular weight excluding hydrogens is 233 g/mol. The van der Waals surface area contributed by atoms with E-state index in [2.05, 4.69) is 19.9 Å². The van der Waals surface area contributed by atoms with Crippen molar-refractivity contribution >= 4 is 28.3 Å². The summed E-state index contributed by atoms with van der Waals surface area (Å²) in [5.41, 5.74) is 5.08. The van der Waals surface area contributed by atoms with Crippen LogP contribution in [0, 0.1) is 5.82 Å². The molecule has 8 heteroatoms. The van der Waals surface area contributed by atoms with Gasteiger partial charge in [-0.2, -0.15) is 0 Å². The number of nitrogen functional groups attached to an aromatic ring is 1. The van der Waals surface area contributed by atoms with Crippen molar-refractivity contribution in [2.45, 2.75) is 0 Å². The van der Waals surface area contributed by atoms with Gasteiger partial charge in [0, 0.05) is 17.7 Å². The van der Waals surface area contributed by atoms with E-state index in [0.717, 1.165) is 11.5 Å². The quantitative estimate of drug-likeness (QED) is 0.812. The van der Waals surface area contributed by atoms with Crippen LogP contribution in [0.4, 0.5) is 15.2 Å². The minimum Gasteiger partial charge on any atom is -0.381 e. The summed E-state index contributed by atoms with van der Waals surface area (Å²) in [6, 6.07) is 1.25. The van der Waals surface area contributed by atoms with Crippen LogP contribution in [-0.4, -0.2) is 20.5 Å². The first-order valence-corrected chi connectivity index (χ1v) is 4.94. The highest BCUT2D eigenvalue weighted by Crippen LogP contribution is 2.15. The molecule has 0 aromatic carbocycles. The van der Waals surface area contributed by atoms with Gasteiger partial charge in [0.25, 0.3) is 5.91 Å². The Balaban J connectivity index is 2.24. The molecule has 2 aromatic heterocycles. The molecule has 0 bridgehead atoms. The van der Waals surface area contributed by atoms with Gasteiger partial charge in [0.2, 0.25) is 0 Å². The summed E-state index contributed by atoms with van der Waals surface area (Å²) in [4.78, 5) is 15.1. The number of carbonyl (C=O) groups excluding carboxylic acids is 1. The number of amides is 1. The van der Waals surface area contributed by atoms with Crippen LogP contribution in [0.2, 0.25) is 0 Å². The first-order chi connectivity index (χ1) is 7.68. The summed E-state index contributed by atoms with van der Waals surface area (Å²) in [5, 5.41) is 6.40. The van der Waals surface area contributed by atoms with Crippen LogP contribution in [-0.2, 0) is 0 Å². The molecule has 2 aromatic rings. The number of hydrogen-bond donors (Lipinski definition) is 2. The predicted octanol–water partition coefficient (Wildman–Crippen LogP) is 0.907. The first kappa shape index (κ1) is 10.4. The molecule has 1 amide bonds. The molecule has 0 fully saturated rings. The lowest BCUT2D eigenvalue weighted by molar-refractivity contribution is 0.102. The molecular formula is C8H6FN5OS. The highest BCUT2D eigenvalue weighted by molar-refractivity contribution is 7.10. The van der Waals surface area contributed by atoms with Crippen molar-refractivity contribution in [3.8, 4) is 0 Å². The lowest BCUT2D eigenvalue weighted by Crippen LogP contribution is -2.14. The van der Waals surface area contributed by atoms with Crippen molar-refractivity contribution < 1.29 is 9.18 Å². The molecule has 0 atom stereocenters. The minimum absolute atomic E-state index is 0.166. The second kappa shape index (κ2) is 4.19. The van der Waals surface area contributed by atoms with E-state index in [-0.39, 0.29) is 11.4 Å². The normalized spacial score (nSPS) is 10.1. The summed E-state index contributed by atoms with van der Waals surface area (Å²) in [6.45, 7) is 0. The standard InChI is InChI=1S/C8H6FN5OS/c9-6-4(1-2-11-7(6)10)8(15)13-5-3-12-14-16-5/h1-3H,(H2,10,11)(H,13,15). The maximum absolute atomic E-state index is 13.4. The highest BCUT2D eigenvalue weighted by atomic mass is 32.1. The zero-order chi connectivity index (χ0) is 11.5. The third kappa shape index (κ3) is 1.96. The predicted molar refractivity (Wildman–Crippen MR) is 56.5 cm³/mol. The summed E-state index contributed by atoms with van der Waals surface area (Å²) < 4.78 is 17.0. The third-order valence-electron chi connectivity index (χ3n) is 1.76. The van der Waals surface area contributed by atoms with Gasteiger partial charge >= 0.3 is 0 Å². The molecule has 0 aliphatic rings. The van der Waals surface area contributed by atoms with E-state index in [1.807, 2.05) is 0 Å². The SMILES string of the molecule is Nc1nccc(C(=O)Nc2cnns2)c1F. The van der Waals surface area contributed by atoms with Gasteiger partial charge in [-0.3, -0.25) is 4.79 Å². The molecule has 82 valence electrons. The number of nitrogens with zero attached hydrogens (tertiary/aromatic N) is 3. The van der Waals surface area contributed by atoms with Gasteiger partial charge in [0.05, 0.1) is 11.8 Å². The van der Waals surface area contributed by atoms with Crippen molar-refractivity contribution in [3.63, 3.8) is 0 Å². The molecule has 6 nitrogen and oxygen atoms in total. The number of pyridine rings is 1. The van der Waals surface area contributed by atoms with Crippen LogP contribution in [0.3, 0.4) is 0 Å². The highest BCUT2D eigenvalue weighted by Gasteiger charge is 2.15. The molecule has 0 saturated carbocycles. The van der Waals surface area contributed by atoms with Gasteiger partial charge in [-0.15, -0.1) is 5.10 Å². The number of hydrogen-bond acceptors (Lipinski definition) is 6. The van der Waals surface area contributed by atoms with Crippen molar-refractivity contribution in [2.24, 2.45) is 0 Å². The monoisotopic (exact) mass is 239 g/mol. The molecule has 2 rings (SSSR count). The van der Waals surface area contributed by atoms with Crippen molar-refractivity contribution in [3.05, 3.63) is 29.8 Å². The van der Waals surface area contributed by atoms with Crippen molar-refractivity contribution in [1.82, 2.24) is 14.6 Å². The van der Waals surface area contributed by atoms with Gasteiger partial charge in [0.15, 0.2) is 11.6 Å². The van der Waals surface area contributed by atoms with Crippen LogP contribution >= 0.6 is 11.5 Å². The molecule has 0 aliphatic heterocycles. The van der Waals surface area contributed by atoms with Crippen LogP contribution < -0.4 is 11.1 Å². The van der Waals surface area contributed by atoms with Gasteiger partial charge in [-0.25, -0.2) is 9.37 Å². The second-order valence-electron chi connectivity index (χ2n) is 2.79. The Morgan fingerprint density at radius 3 is 3.06 bits per heavy atom. The van der Waals surface area contributed by atoms with Crippen molar-refractivity contribution in [1.29, 1.82) is 0 Å². The number of rotatable bonds is 2. The van der Waals surface area contributed by atoms with E-state index in [0.29, 0.717) is 5.00 Å². The van der Waals surface area contributed by atoms with E-state index in [1.54, 1.807) is 0 Å². The Hall–Kier alpha value is -2.09. The second-order valence-corrected chi connectivity index (χ2v) is 3.58. The lowest BCUT2D eigenvalue weighted by Gasteiger charge is -2.03. The first-order valence-electron chi connectivity index (χ1n) is 4.17. The summed E-state index contributed by atoms with van der Waals surface area (Å²) in [5.74, 6) is -1.76. The average Bonchev–Trinajstić information content (AvgIpc) is 2.74.